The molecule has 0 radical (unpaired) electrons. The summed E-state index contributed by atoms with van der Waals surface area (Å²) >= 11 is 5.81. The van der Waals surface area contributed by atoms with E-state index in [4.69, 9.17) is 17.3 Å². The Balaban J connectivity index is 2.70. The molecule has 1 rings (SSSR count). The van der Waals surface area contributed by atoms with E-state index in [0.717, 1.165) is 5.56 Å². The van der Waals surface area contributed by atoms with E-state index in [0.29, 0.717) is 11.4 Å². The molecular weight excluding hydrogens is 201 g/mol. The number of hydrogen-bond donors (Lipinski definition) is 1. The van der Waals surface area contributed by atoms with Crippen molar-refractivity contribution in [3.63, 3.8) is 0 Å². The topological polar surface area (TPSA) is 26.0 Å². The first-order valence-corrected chi connectivity index (χ1v) is 4.96. The quantitative estimate of drug-likeness (QED) is 0.825. The number of alkyl halides is 1. The van der Waals surface area contributed by atoms with E-state index in [1.807, 2.05) is 18.2 Å². The molecule has 1 aromatic carbocycles. The van der Waals surface area contributed by atoms with Gasteiger partial charge in [-0.15, -0.1) is 0 Å². The van der Waals surface area contributed by atoms with Crippen molar-refractivity contribution in [2.24, 2.45) is 5.73 Å². The van der Waals surface area contributed by atoms with Crippen LogP contribution in [0.5, 0.6) is 0 Å². The maximum absolute atomic E-state index is 13.4. The Morgan fingerprint density at radius 2 is 2.14 bits per heavy atom. The summed E-state index contributed by atoms with van der Waals surface area (Å²) in [6.45, 7) is 2.98. The minimum atomic E-state index is -1.36. The van der Waals surface area contributed by atoms with E-state index in [9.17, 15) is 4.39 Å². The average Bonchev–Trinajstić information content (AvgIpc) is 2.02. The van der Waals surface area contributed by atoms with E-state index in [-0.39, 0.29) is 0 Å². The fourth-order valence-corrected chi connectivity index (χ4v) is 1.37. The van der Waals surface area contributed by atoms with Gasteiger partial charge in [0.15, 0.2) is 0 Å². The first-order valence-electron chi connectivity index (χ1n) is 4.58. The lowest BCUT2D eigenvalue weighted by Crippen LogP contribution is -2.41. The van der Waals surface area contributed by atoms with Crippen LogP contribution in [0.15, 0.2) is 24.3 Å². The van der Waals surface area contributed by atoms with Crippen molar-refractivity contribution < 1.29 is 4.39 Å². The Kier molecular flexibility index (Phi) is 3.51. The van der Waals surface area contributed by atoms with E-state index in [1.165, 1.54) is 13.8 Å². The van der Waals surface area contributed by atoms with Crippen LogP contribution in [0.1, 0.15) is 19.4 Å². The van der Waals surface area contributed by atoms with Crippen molar-refractivity contribution >= 4 is 11.6 Å². The summed E-state index contributed by atoms with van der Waals surface area (Å²) in [6.07, 6.45) is 0.504. The van der Waals surface area contributed by atoms with Gasteiger partial charge in [0, 0.05) is 11.1 Å². The van der Waals surface area contributed by atoms with Gasteiger partial charge < -0.3 is 5.73 Å². The summed E-state index contributed by atoms with van der Waals surface area (Å²) in [5.41, 5.74) is 5.32. The van der Waals surface area contributed by atoms with E-state index in [1.54, 1.807) is 6.07 Å². The fraction of sp³-hybridized carbons (Fsp3) is 0.455. The molecule has 3 heteroatoms. The van der Waals surface area contributed by atoms with Gasteiger partial charge in [-0.2, -0.15) is 0 Å². The maximum atomic E-state index is 13.4. The second-order valence-electron chi connectivity index (χ2n) is 4.00. The minimum absolute atomic E-state index is 0.499. The zero-order valence-electron chi connectivity index (χ0n) is 8.43. The van der Waals surface area contributed by atoms with Crippen LogP contribution in [0.4, 0.5) is 4.39 Å². The molecule has 0 aliphatic carbocycles. The van der Waals surface area contributed by atoms with Crippen LogP contribution in [-0.2, 0) is 6.42 Å². The molecule has 1 aromatic rings. The number of benzene rings is 1. The summed E-state index contributed by atoms with van der Waals surface area (Å²) in [5, 5.41) is 0.659. The van der Waals surface area contributed by atoms with Gasteiger partial charge in [0.25, 0.3) is 0 Å². The molecule has 0 amide bonds. The van der Waals surface area contributed by atoms with Crippen molar-refractivity contribution in [2.45, 2.75) is 32.0 Å². The van der Waals surface area contributed by atoms with Crippen LogP contribution < -0.4 is 5.73 Å². The summed E-state index contributed by atoms with van der Waals surface area (Å²) in [5.74, 6) is 0. The molecule has 0 heterocycles. The summed E-state index contributed by atoms with van der Waals surface area (Å²) < 4.78 is 13.4. The Morgan fingerprint density at radius 3 is 2.64 bits per heavy atom. The van der Waals surface area contributed by atoms with Crippen LogP contribution in [0.2, 0.25) is 5.02 Å². The molecule has 1 unspecified atom stereocenters. The molecule has 14 heavy (non-hydrogen) atoms. The molecule has 0 fully saturated rings. The van der Waals surface area contributed by atoms with Crippen molar-refractivity contribution in [3.8, 4) is 0 Å². The van der Waals surface area contributed by atoms with Gasteiger partial charge in [-0.05, 0) is 38.0 Å². The van der Waals surface area contributed by atoms with Crippen molar-refractivity contribution in [1.82, 2.24) is 0 Å². The maximum Gasteiger partial charge on any atom is 0.120 e. The van der Waals surface area contributed by atoms with Gasteiger partial charge in [-0.1, -0.05) is 23.7 Å². The first-order chi connectivity index (χ1) is 6.39. The molecule has 0 bridgehead atoms. The SMILES string of the molecule is CC(C)(F)C(N)Cc1cccc(Cl)c1. The average molecular weight is 216 g/mol. The Morgan fingerprint density at radius 1 is 1.50 bits per heavy atom. The van der Waals surface area contributed by atoms with E-state index in [2.05, 4.69) is 0 Å². The minimum Gasteiger partial charge on any atom is -0.325 e. The van der Waals surface area contributed by atoms with Crippen LogP contribution in [0.3, 0.4) is 0 Å². The van der Waals surface area contributed by atoms with Gasteiger partial charge in [0.05, 0.1) is 0 Å². The van der Waals surface area contributed by atoms with Crippen LogP contribution in [0, 0.1) is 0 Å². The summed E-state index contributed by atoms with van der Waals surface area (Å²) in [7, 11) is 0. The molecule has 0 aromatic heterocycles. The predicted octanol–water partition coefficient (Wildman–Crippen LogP) is 2.96. The van der Waals surface area contributed by atoms with Crippen LogP contribution >= 0.6 is 11.6 Å². The lowest BCUT2D eigenvalue weighted by molar-refractivity contribution is 0.172. The highest BCUT2D eigenvalue weighted by Gasteiger charge is 2.25. The molecular formula is C11H15ClFN. The fourth-order valence-electron chi connectivity index (χ4n) is 1.16. The zero-order chi connectivity index (χ0) is 10.8. The lowest BCUT2D eigenvalue weighted by atomic mass is 9.95. The Bertz CT molecular complexity index is 306. The van der Waals surface area contributed by atoms with Crippen molar-refractivity contribution in [3.05, 3.63) is 34.9 Å². The predicted molar refractivity (Wildman–Crippen MR) is 58.3 cm³/mol. The third-order valence-electron chi connectivity index (χ3n) is 2.23. The largest absolute Gasteiger partial charge is 0.325 e. The summed E-state index contributed by atoms with van der Waals surface area (Å²) in [6, 6.07) is 6.85. The lowest BCUT2D eigenvalue weighted by Gasteiger charge is -2.22. The van der Waals surface area contributed by atoms with Crippen molar-refractivity contribution in [1.29, 1.82) is 0 Å². The number of halogens is 2. The molecule has 0 aliphatic heterocycles. The standard InChI is InChI=1S/C11H15ClFN/c1-11(2,13)10(14)7-8-4-3-5-9(12)6-8/h3-6,10H,7,14H2,1-2H3. The molecule has 0 saturated carbocycles. The smallest absolute Gasteiger partial charge is 0.120 e. The number of hydrogen-bond acceptors (Lipinski definition) is 1. The third-order valence-corrected chi connectivity index (χ3v) is 2.46. The molecule has 2 N–H and O–H groups in total. The van der Waals surface area contributed by atoms with Gasteiger partial charge in [-0.25, -0.2) is 4.39 Å². The second kappa shape index (κ2) is 4.28. The highest BCUT2D eigenvalue weighted by Crippen LogP contribution is 2.18. The first kappa shape index (κ1) is 11.5. The normalized spacial score (nSPS) is 14.1. The molecule has 1 nitrogen and oxygen atoms in total. The second-order valence-corrected chi connectivity index (χ2v) is 4.44. The molecule has 0 saturated heterocycles. The number of rotatable bonds is 3. The molecule has 0 spiro atoms. The molecule has 78 valence electrons. The monoisotopic (exact) mass is 215 g/mol. The molecule has 1 atom stereocenters. The van der Waals surface area contributed by atoms with Crippen molar-refractivity contribution in [2.75, 3.05) is 0 Å². The summed E-state index contributed by atoms with van der Waals surface area (Å²) in [4.78, 5) is 0. The van der Waals surface area contributed by atoms with E-state index >= 15 is 0 Å². The third kappa shape index (κ3) is 3.28. The van der Waals surface area contributed by atoms with Gasteiger partial charge in [0.1, 0.15) is 5.67 Å². The van der Waals surface area contributed by atoms with Gasteiger partial charge in [-0.3, -0.25) is 0 Å². The Hall–Kier alpha value is -0.600. The van der Waals surface area contributed by atoms with Crippen LogP contribution in [0.25, 0.3) is 0 Å². The van der Waals surface area contributed by atoms with E-state index < -0.39 is 11.7 Å². The number of nitrogens with two attached hydrogens (primary N) is 1. The highest BCUT2D eigenvalue weighted by molar-refractivity contribution is 6.30. The zero-order valence-corrected chi connectivity index (χ0v) is 9.18. The molecule has 0 aliphatic rings. The highest BCUT2D eigenvalue weighted by atomic mass is 35.5. The Labute approximate surface area is 89.1 Å². The van der Waals surface area contributed by atoms with Gasteiger partial charge >= 0.3 is 0 Å². The van der Waals surface area contributed by atoms with Crippen LogP contribution in [-0.4, -0.2) is 11.7 Å². The van der Waals surface area contributed by atoms with Gasteiger partial charge in [0.2, 0.25) is 0 Å².